The Morgan fingerprint density at radius 2 is 1.97 bits per heavy atom. The number of nitrogens with one attached hydrogen (secondary N) is 2. The molecule has 0 atom stereocenters. The monoisotopic (exact) mass is 574 g/mol. The molecule has 2 heterocycles. The van der Waals surface area contributed by atoms with Gasteiger partial charge < -0.3 is 15.4 Å². The van der Waals surface area contributed by atoms with Gasteiger partial charge in [0.2, 0.25) is 0 Å². The normalized spacial score (nSPS) is 13.5. The molecule has 186 valence electrons. The summed E-state index contributed by atoms with van der Waals surface area (Å²) in [5, 5.41) is 12.4. The fraction of sp³-hybridized carbons (Fsp3) is 0.423. The molecule has 3 aromatic rings. The van der Waals surface area contributed by atoms with E-state index in [4.69, 9.17) is 17.0 Å². The van der Waals surface area contributed by atoms with Crippen LogP contribution in [0.25, 0.3) is 0 Å². The van der Waals surface area contributed by atoms with Crippen LogP contribution in [-0.2, 0) is 24.1 Å². The van der Waals surface area contributed by atoms with Crippen LogP contribution in [0.15, 0.2) is 28.7 Å². The largest absolute Gasteiger partial charge is 0.462 e. The average molecular weight is 576 g/mol. The van der Waals surface area contributed by atoms with Gasteiger partial charge in [-0.15, -0.1) is 11.3 Å². The van der Waals surface area contributed by atoms with E-state index in [0.29, 0.717) is 23.8 Å². The summed E-state index contributed by atoms with van der Waals surface area (Å²) >= 11 is 10.9. The molecule has 2 aromatic heterocycles. The third kappa shape index (κ3) is 6.13. The summed E-state index contributed by atoms with van der Waals surface area (Å²) in [5.74, 6) is -0.270. The number of hydrogen-bond acceptors (Lipinski definition) is 5. The Labute approximate surface area is 224 Å². The lowest BCUT2D eigenvalue weighted by atomic mass is 9.96. The smallest absolute Gasteiger partial charge is 0.341 e. The van der Waals surface area contributed by atoms with Gasteiger partial charge in [-0.2, -0.15) is 5.10 Å². The molecular formula is C26H31BrN4O2S2. The lowest BCUT2D eigenvalue weighted by Crippen LogP contribution is -2.20. The highest BCUT2D eigenvalue weighted by atomic mass is 79.9. The molecule has 0 fully saturated rings. The van der Waals surface area contributed by atoms with Crippen molar-refractivity contribution >= 4 is 61.3 Å². The number of benzene rings is 1. The van der Waals surface area contributed by atoms with E-state index in [2.05, 4.69) is 50.7 Å². The first-order valence-corrected chi connectivity index (χ1v) is 14.1. The number of halogens is 1. The predicted octanol–water partition coefficient (Wildman–Crippen LogP) is 7.02. The second-order valence-electron chi connectivity index (χ2n) is 8.76. The molecule has 6 nitrogen and oxygen atoms in total. The van der Waals surface area contributed by atoms with E-state index < -0.39 is 0 Å². The van der Waals surface area contributed by atoms with Gasteiger partial charge in [-0.25, -0.2) is 4.79 Å². The van der Waals surface area contributed by atoms with Gasteiger partial charge in [-0.3, -0.25) is 4.68 Å². The standard InChI is InChI=1S/C26H31BrN4O2S2/c1-4-33-25(32)22-20-12-7-5-6-8-13-21(20)35-24(22)29-26(34)28-19-11-9-10-18(14-19)15-31-17(3)23(27)16(2)30-31/h9-11,14H,4-8,12-13,15H2,1-3H3,(H2,28,29,34). The minimum atomic E-state index is -0.270. The number of fused-ring (bicyclic) bond motifs is 1. The molecule has 2 N–H and O–H groups in total. The van der Waals surface area contributed by atoms with Crippen molar-refractivity contribution in [3.05, 3.63) is 61.7 Å². The highest BCUT2D eigenvalue weighted by molar-refractivity contribution is 9.10. The number of anilines is 2. The first-order chi connectivity index (χ1) is 16.9. The second-order valence-corrected chi connectivity index (χ2v) is 11.1. The molecule has 0 bridgehead atoms. The number of ether oxygens (including phenoxy) is 1. The fourth-order valence-electron chi connectivity index (χ4n) is 4.44. The van der Waals surface area contributed by atoms with Crippen LogP contribution < -0.4 is 10.6 Å². The maximum atomic E-state index is 12.9. The number of carbonyl (C=O) groups is 1. The number of carbonyl (C=O) groups excluding carboxylic acids is 1. The van der Waals surface area contributed by atoms with Gasteiger partial charge in [0, 0.05) is 10.6 Å². The summed E-state index contributed by atoms with van der Waals surface area (Å²) in [4.78, 5) is 14.2. The van der Waals surface area contributed by atoms with Gasteiger partial charge in [0.25, 0.3) is 0 Å². The predicted molar refractivity (Wildman–Crippen MR) is 151 cm³/mol. The van der Waals surface area contributed by atoms with Crippen LogP contribution in [0.2, 0.25) is 0 Å². The van der Waals surface area contributed by atoms with Gasteiger partial charge in [-0.1, -0.05) is 25.0 Å². The third-order valence-corrected chi connectivity index (χ3v) is 8.75. The van der Waals surface area contributed by atoms with Crippen molar-refractivity contribution in [3.63, 3.8) is 0 Å². The van der Waals surface area contributed by atoms with Crippen LogP contribution in [0.3, 0.4) is 0 Å². The second kappa shape index (κ2) is 11.7. The number of rotatable bonds is 6. The molecule has 35 heavy (non-hydrogen) atoms. The van der Waals surface area contributed by atoms with Gasteiger partial charge in [0.05, 0.1) is 34.6 Å². The fourth-order valence-corrected chi connectivity index (χ4v) is 6.29. The Hall–Kier alpha value is -2.23. The Kier molecular flexibility index (Phi) is 8.62. The van der Waals surface area contributed by atoms with E-state index in [9.17, 15) is 4.79 Å². The van der Waals surface area contributed by atoms with E-state index in [-0.39, 0.29) is 5.97 Å². The lowest BCUT2D eigenvalue weighted by molar-refractivity contribution is 0.0526. The van der Waals surface area contributed by atoms with E-state index in [1.165, 1.54) is 17.7 Å². The van der Waals surface area contributed by atoms with Crippen LogP contribution in [0.5, 0.6) is 0 Å². The highest BCUT2D eigenvalue weighted by Crippen LogP contribution is 2.37. The van der Waals surface area contributed by atoms with Gasteiger partial charge >= 0.3 is 5.97 Å². The average Bonchev–Trinajstić information content (AvgIpc) is 3.25. The third-order valence-electron chi connectivity index (χ3n) is 6.19. The number of thiophene rings is 1. The molecule has 0 amide bonds. The first kappa shape index (κ1) is 25.9. The van der Waals surface area contributed by atoms with Crippen LogP contribution in [0.1, 0.15) is 70.4 Å². The van der Waals surface area contributed by atoms with Gasteiger partial charge in [0.15, 0.2) is 5.11 Å². The Morgan fingerprint density at radius 3 is 2.69 bits per heavy atom. The molecule has 9 heteroatoms. The SMILES string of the molecule is CCOC(=O)c1c(NC(=S)Nc2cccc(Cn3nc(C)c(Br)c3C)c2)sc2c1CCCCCC2. The molecule has 0 saturated heterocycles. The van der Waals surface area contributed by atoms with Crippen molar-refractivity contribution in [2.45, 2.75) is 65.8 Å². The molecule has 1 aromatic carbocycles. The van der Waals surface area contributed by atoms with Crippen molar-refractivity contribution in [3.8, 4) is 0 Å². The summed E-state index contributed by atoms with van der Waals surface area (Å²) < 4.78 is 8.44. The lowest BCUT2D eigenvalue weighted by Gasteiger charge is -2.13. The van der Waals surface area contributed by atoms with Gasteiger partial charge in [0.1, 0.15) is 5.00 Å². The maximum absolute atomic E-state index is 12.9. The van der Waals surface area contributed by atoms with E-state index >= 15 is 0 Å². The summed E-state index contributed by atoms with van der Waals surface area (Å²) in [5.41, 5.74) is 5.86. The number of aromatic nitrogens is 2. The number of hydrogen-bond donors (Lipinski definition) is 2. The molecule has 0 aliphatic heterocycles. The summed E-state index contributed by atoms with van der Waals surface area (Å²) in [6.45, 7) is 6.90. The molecule has 0 spiro atoms. The highest BCUT2D eigenvalue weighted by Gasteiger charge is 2.25. The maximum Gasteiger partial charge on any atom is 0.341 e. The summed E-state index contributed by atoms with van der Waals surface area (Å²) in [6.07, 6.45) is 6.59. The molecule has 4 rings (SSSR count). The Balaban J connectivity index is 1.51. The first-order valence-electron chi connectivity index (χ1n) is 12.1. The zero-order valence-electron chi connectivity index (χ0n) is 20.4. The zero-order chi connectivity index (χ0) is 24.9. The van der Waals surface area contributed by atoms with Crippen molar-refractivity contribution in [1.29, 1.82) is 0 Å². The quantitative estimate of drug-likeness (QED) is 0.243. The number of nitrogens with zero attached hydrogens (tertiary/aromatic N) is 2. The minimum absolute atomic E-state index is 0.270. The molecule has 1 aliphatic carbocycles. The topological polar surface area (TPSA) is 68.2 Å². The molecule has 1 aliphatic rings. The summed E-state index contributed by atoms with van der Waals surface area (Å²) in [6, 6.07) is 8.12. The minimum Gasteiger partial charge on any atom is -0.462 e. The molecular weight excluding hydrogens is 544 g/mol. The zero-order valence-corrected chi connectivity index (χ0v) is 23.6. The summed E-state index contributed by atoms with van der Waals surface area (Å²) in [7, 11) is 0. The van der Waals surface area contributed by atoms with Crippen molar-refractivity contribution in [1.82, 2.24) is 9.78 Å². The number of thiocarbonyl (C=S) groups is 1. The molecule has 0 saturated carbocycles. The van der Waals surface area contributed by atoms with Gasteiger partial charge in [-0.05, 0) is 97.9 Å². The van der Waals surface area contributed by atoms with Crippen molar-refractivity contribution in [2.24, 2.45) is 0 Å². The Morgan fingerprint density at radius 1 is 1.20 bits per heavy atom. The van der Waals surface area contributed by atoms with E-state index in [0.717, 1.165) is 63.4 Å². The van der Waals surface area contributed by atoms with Crippen LogP contribution in [0.4, 0.5) is 10.7 Å². The van der Waals surface area contributed by atoms with Crippen LogP contribution in [0, 0.1) is 13.8 Å². The number of aryl methyl sites for hydroxylation is 2. The van der Waals surface area contributed by atoms with Crippen molar-refractivity contribution < 1.29 is 9.53 Å². The molecule has 0 radical (unpaired) electrons. The van der Waals surface area contributed by atoms with Crippen LogP contribution in [-0.4, -0.2) is 27.5 Å². The molecule has 0 unspecified atom stereocenters. The van der Waals surface area contributed by atoms with E-state index in [1.54, 1.807) is 11.3 Å². The van der Waals surface area contributed by atoms with Crippen molar-refractivity contribution in [2.75, 3.05) is 17.2 Å². The Bertz CT molecular complexity index is 1230. The van der Waals surface area contributed by atoms with E-state index in [1.807, 2.05) is 30.7 Å². The number of esters is 1. The van der Waals surface area contributed by atoms with Crippen LogP contribution >= 0.6 is 39.5 Å².